The maximum absolute atomic E-state index is 10.9. The monoisotopic (exact) mass is 248 g/mol. The van der Waals surface area contributed by atoms with Gasteiger partial charge in [0.1, 0.15) is 0 Å². The average molecular weight is 248 g/mol. The highest BCUT2D eigenvalue weighted by Crippen LogP contribution is 2.28. The predicted molar refractivity (Wildman–Crippen MR) is 60.3 cm³/mol. The summed E-state index contributed by atoms with van der Waals surface area (Å²) in [4.78, 5) is 24.6. The molecule has 0 spiro atoms. The predicted octanol–water partition coefficient (Wildman–Crippen LogP) is 2.26. The normalized spacial score (nSPS) is 10.3. The number of nitro groups is 1. The summed E-state index contributed by atoms with van der Waals surface area (Å²) < 4.78 is 5.01. The minimum absolute atomic E-state index is 0.0323. The van der Waals surface area contributed by atoms with Gasteiger partial charge in [-0.2, -0.15) is 0 Å². The molecule has 0 unspecified atom stereocenters. The van der Waals surface area contributed by atoms with Gasteiger partial charge in [-0.25, -0.2) is 9.78 Å². The molecule has 1 N–H and O–H groups in total. The van der Waals surface area contributed by atoms with E-state index in [9.17, 15) is 14.9 Å². The number of benzene rings is 1. The van der Waals surface area contributed by atoms with Crippen molar-refractivity contribution in [2.24, 2.45) is 0 Å². The van der Waals surface area contributed by atoms with Crippen LogP contribution in [0.15, 0.2) is 29.0 Å². The van der Waals surface area contributed by atoms with Gasteiger partial charge in [-0.15, -0.1) is 0 Å². The van der Waals surface area contributed by atoms with Crippen molar-refractivity contribution >= 4 is 11.7 Å². The lowest BCUT2D eigenvalue weighted by atomic mass is 10.1. The maximum atomic E-state index is 10.9. The number of rotatable bonds is 3. The Balaban J connectivity index is 2.52. The minimum Gasteiger partial charge on any atom is -0.476 e. The summed E-state index contributed by atoms with van der Waals surface area (Å²) in [5, 5.41) is 19.6. The molecule has 0 saturated carbocycles. The van der Waals surface area contributed by atoms with Crippen LogP contribution in [0.4, 0.5) is 5.69 Å². The van der Waals surface area contributed by atoms with Gasteiger partial charge in [-0.1, -0.05) is 0 Å². The number of hydrogen-bond donors (Lipinski definition) is 1. The van der Waals surface area contributed by atoms with Gasteiger partial charge in [-0.3, -0.25) is 10.1 Å². The molecular weight excluding hydrogens is 240 g/mol. The summed E-state index contributed by atoms with van der Waals surface area (Å²) in [5.74, 6) is -1.13. The molecule has 1 aromatic heterocycles. The van der Waals surface area contributed by atoms with Crippen LogP contribution in [0.25, 0.3) is 11.3 Å². The van der Waals surface area contributed by atoms with E-state index in [4.69, 9.17) is 9.52 Å². The van der Waals surface area contributed by atoms with Crippen molar-refractivity contribution in [2.75, 3.05) is 0 Å². The molecule has 92 valence electrons. The molecule has 0 saturated heterocycles. The van der Waals surface area contributed by atoms with Crippen molar-refractivity contribution in [1.82, 2.24) is 4.98 Å². The van der Waals surface area contributed by atoms with Gasteiger partial charge < -0.3 is 9.52 Å². The largest absolute Gasteiger partial charge is 0.476 e. The third-order valence-electron chi connectivity index (χ3n) is 2.43. The third-order valence-corrected chi connectivity index (χ3v) is 2.43. The SMILES string of the molecule is Cc1cc(-c2ocnc2C(=O)O)ccc1[N+](=O)[O-]. The number of carbonyl (C=O) groups is 1. The van der Waals surface area contributed by atoms with Crippen LogP contribution in [0, 0.1) is 17.0 Å². The first-order valence-corrected chi connectivity index (χ1v) is 4.93. The van der Waals surface area contributed by atoms with Crippen molar-refractivity contribution in [3.8, 4) is 11.3 Å². The van der Waals surface area contributed by atoms with Crippen molar-refractivity contribution in [3.63, 3.8) is 0 Å². The second-order valence-corrected chi connectivity index (χ2v) is 3.59. The number of carboxylic acids is 1. The van der Waals surface area contributed by atoms with Gasteiger partial charge in [0.25, 0.3) is 5.69 Å². The van der Waals surface area contributed by atoms with Crippen molar-refractivity contribution in [3.05, 3.63) is 46.0 Å². The van der Waals surface area contributed by atoms with E-state index in [1.165, 1.54) is 18.2 Å². The van der Waals surface area contributed by atoms with E-state index >= 15 is 0 Å². The highest BCUT2D eigenvalue weighted by molar-refractivity contribution is 5.92. The second-order valence-electron chi connectivity index (χ2n) is 3.59. The topological polar surface area (TPSA) is 106 Å². The van der Waals surface area contributed by atoms with Crippen LogP contribution in [0.5, 0.6) is 0 Å². The van der Waals surface area contributed by atoms with Crippen LogP contribution in [0.3, 0.4) is 0 Å². The van der Waals surface area contributed by atoms with E-state index in [0.717, 1.165) is 6.39 Å². The summed E-state index contributed by atoms with van der Waals surface area (Å²) in [6, 6.07) is 4.22. The standard InChI is InChI=1S/C11H8N2O5/c1-6-4-7(2-3-8(6)13(16)17)10-9(11(14)15)12-5-18-10/h2-5H,1H3,(H,14,15). The highest BCUT2D eigenvalue weighted by Gasteiger charge is 2.19. The number of carboxylic acid groups (broad SMARTS) is 1. The fraction of sp³-hybridized carbons (Fsp3) is 0.0909. The Labute approximate surface area is 101 Å². The Morgan fingerprint density at radius 1 is 1.50 bits per heavy atom. The molecule has 0 radical (unpaired) electrons. The number of hydrogen-bond acceptors (Lipinski definition) is 5. The van der Waals surface area contributed by atoms with Crippen LogP contribution < -0.4 is 0 Å². The van der Waals surface area contributed by atoms with Crippen LogP contribution in [0.2, 0.25) is 0 Å². The summed E-state index contributed by atoms with van der Waals surface area (Å²) in [6.45, 7) is 1.57. The van der Waals surface area contributed by atoms with Crippen LogP contribution >= 0.6 is 0 Å². The zero-order valence-corrected chi connectivity index (χ0v) is 9.28. The second kappa shape index (κ2) is 4.28. The zero-order chi connectivity index (χ0) is 13.3. The fourth-order valence-electron chi connectivity index (χ4n) is 1.60. The molecule has 1 heterocycles. The first-order chi connectivity index (χ1) is 8.50. The summed E-state index contributed by atoms with van der Waals surface area (Å²) in [5.41, 5.74) is 0.608. The van der Waals surface area contributed by atoms with E-state index in [2.05, 4.69) is 4.98 Å². The van der Waals surface area contributed by atoms with E-state index in [-0.39, 0.29) is 17.1 Å². The number of nitro benzene ring substituents is 1. The van der Waals surface area contributed by atoms with Gasteiger partial charge in [0, 0.05) is 17.2 Å². The van der Waals surface area contributed by atoms with Gasteiger partial charge >= 0.3 is 5.97 Å². The van der Waals surface area contributed by atoms with E-state index in [1.54, 1.807) is 6.92 Å². The van der Waals surface area contributed by atoms with E-state index in [0.29, 0.717) is 11.1 Å². The Hall–Kier alpha value is -2.70. The first-order valence-electron chi connectivity index (χ1n) is 4.93. The number of aryl methyl sites for hydroxylation is 1. The fourth-order valence-corrected chi connectivity index (χ4v) is 1.60. The van der Waals surface area contributed by atoms with Gasteiger partial charge in [-0.05, 0) is 19.1 Å². The summed E-state index contributed by atoms with van der Waals surface area (Å²) in [7, 11) is 0. The molecule has 18 heavy (non-hydrogen) atoms. The lowest BCUT2D eigenvalue weighted by Crippen LogP contribution is -1.99. The Morgan fingerprint density at radius 3 is 2.78 bits per heavy atom. The highest BCUT2D eigenvalue weighted by atomic mass is 16.6. The number of nitrogens with zero attached hydrogens (tertiary/aromatic N) is 2. The number of aromatic nitrogens is 1. The van der Waals surface area contributed by atoms with Crippen LogP contribution in [0.1, 0.15) is 16.1 Å². The average Bonchev–Trinajstić information content (AvgIpc) is 2.77. The molecule has 0 amide bonds. The lowest BCUT2D eigenvalue weighted by Gasteiger charge is -2.01. The molecule has 7 nitrogen and oxygen atoms in total. The van der Waals surface area contributed by atoms with Crippen molar-refractivity contribution in [1.29, 1.82) is 0 Å². The molecular formula is C11H8N2O5. The molecule has 2 aromatic rings. The smallest absolute Gasteiger partial charge is 0.358 e. The number of aromatic carboxylic acids is 1. The molecule has 0 aliphatic carbocycles. The van der Waals surface area contributed by atoms with E-state index < -0.39 is 10.9 Å². The Kier molecular flexibility index (Phi) is 2.80. The number of oxazole rings is 1. The first kappa shape index (κ1) is 11.8. The minimum atomic E-state index is -1.21. The summed E-state index contributed by atoms with van der Waals surface area (Å²) in [6.07, 6.45) is 1.02. The molecule has 2 rings (SSSR count). The molecule has 0 aliphatic rings. The van der Waals surface area contributed by atoms with Crippen molar-refractivity contribution < 1.29 is 19.2 Å². The lowest BCUT2D eigenvalue weighted by molar-refractivity contribution is -0.385. The van der Waals surface area contributed by atoms with Gasteiger partial charge in [0.05, 0.1) is 4.92 Å². The Morgan fingerprint density at radius 2 is 2.22 bits per heavy atom. The van der Waals surface area contributed by atoms with Gasteiger partial charge in [0.15, 0.2) is 17.8 Å². The molecule has 7 heteroatoms. The molecule has 0 bridgehead atoms. The van der Waals surface area contributed by atoms with Gasteiger partial charge in [0.2, 0.25) is 0 Å². The molecule has 0 atom stereocenters. The molecule has 0 fully saturated rings. The Bertz CT molecular complexity index is 632. The molecule has 0 aliphatic heterocycles. The molecule has 1 aromatic carbocycles. The maximum Gasteiger partial charge on any atom is 0.358 e. The van der Waals surface area contributed by atoms with Crippen LogP contribution in [-0.4, -0.2) is 21.0 Å². The third kappa shape index (κ3) is 1.93. The quantitative estimate of drug-likeness (QED) is 0.659. The van der Waals surface area contributed by atoms with Crippen molar-refractivity contribution in [2.45, 2.75) is 6.92 Å². The zero-order valence-electron chi connectivity index (χ0n) is 9.28. The van der Waals surface area contributed by atoms with Crippen LogP contribution in [-0.2, 0) is 0 Å². The van der Waals surface area contributed by atoms with E-state index in [1.807, 2.05) is 0 Å². The summed E-state index contributed by atoms with van der Waals surface area (Å²) >= 11 is 0.